The fourth-order valence-electron chi connectivity index (χ4n) is 2.35. The van der Waals surface area contributed by atoms with Crippen molar-refractivity contribution >= 4 is 11.8 Å². The number of carbonyl (C=O) groups excluding carboxylic acids is 1. The van der Waals surface area contributed by atoms with Crippen molar-refractivity contribution < 1.29 is 14.3 Å². The number of rotatable bonds is 5. The summed E-state index contributed by atoms with van der Waals surface area (Å²) >= 11 is 0. The average Bonchev–Trinajstić information content (AvgIpc) is 3.04. The molecule has 1 atom stereocenters. The van der Waals surface area contributed by atoms with E-state index in [1.807, 2.05) is 31.6 Å². The predicted octanol–water partition coefficient (Wildman–Crippen LogP) is 1.95. The van der Waals surface area contributed by atoms with Gasteiger partial charge in [-0.05, 0) is 27.2 Å². The Bertz CT molecular complexity index is 495. The quantitative estimate of drug-likeness (QED) is 0.900. The maximum absolute atomic E-state index is 12.0. The maximum atomic E-state index is 12.0. The molecular formula is C15H26N4O3. The van der Waals surface area contributed by atoms with Crippen molar-refractivity contribution in [3.8, 4) is 0 Å². The first-order valence-electron chi connectivity index (χ1n) is 7.63. The fourth-order valence-corrected chi connectivity index (χ4v) is 2.35. The number of nitrogens with one attached hydrogen (secondary N) is 1. The van der Waals surface area contributed by atoms with Crippen molar-refractivity contribution in [2.45, 2.75) is 45.4 Å². The van der Waals surface area contributed by atoms with E-state index in [1.165, 1.54) is 0 Å². The summed E-state index contributed by atoms with van der Waals surface area (Å²) in [6.45, 7) is 8.37. The van der Waals surface area contributed by atoms with Gasteiger partial charge in [0, 0.05) is 32.4 Å². The van der Waals surface area contributed by atoms with Crippen LogP contribution < -0.4 is 5.32 Å². The smallest absolute Gasteiger partial charge is 0.410 e. The lowest BCUT2D eigenvalue weighted by Crippen LogP contribution is -2.36. The number of aromatic nitrogens is 2. The van der Waals surface area contributed by atoms with Crippen LogP contribution in [-0.2, 0) is 16.0 Å². The number of ether oxygens (including phenoxy) is 2. The molecule has 1 amide bonds. The van der Waals surface area contributed by atoms with Gasteiger partial charge in [0.1, 0.15) is 5.60 Å². The minimum Gasteiger partial charge on any atom is -0.444 e. The Hall–Kier alpha value is -1.76. The largest absolute Gasteiger partial charge is 0.444 e. The molecule has 22 heavy (non-hydrogen) atoms. The van der Waals surface area contributed by atoms with E-state index in [2.05, 4.69) is 10.4 Å². The number of likely N-dealkylation sites (tertiary alicyclic amines) is 1. The van der Waals surface area contributed by atoms with Crippen molar-refractivity contribution in [3.05, 3.63) is 12.4 Å². The van der Waals surface area contributed by atoms with Crippen LogP contribution in [0.1, 0.15) is 27.2 Å². The highest BCUT2D eigenvalue weighted by Crippen LogP contribution is 2.18. The SMILES string of the molecule is COCCn1cc(NC2CCN(C(=O)OC(C)(C)C)C2)cn1. The molecule has 1 aliphatic rings. The molecule has 1 N–H and O–H groups in total. The van der Waals surface area contributed by atoms with Gasteiger partial charge in [0.05, 0.1) is 25.0 Å². The number of carbonyl (C=O) groups is 1. The summed E-state index contributed by atoms with van der Waals surface area (Å²) in [5.41, 5.74) is 0.512. The lowest BCUT2D eigenvalue weighted by Gasteiger charge is -2.24. The Morgan fingerprint density at radius 3 is 2.95 bits per heavy atom. The molecule has 0 aromatic carbocycles. The number of anilines is 1. The molecule has 1 saturated heterocycles. The van der Waals surface area contributed by atoms with E-state index in [-0.39, 0.29) is 12.1 Å². The summed E-state index contributed by atoms with van der Waals surface area (Å²) in [6.07, 6.45) is 4.41. The predicted molar refractivity (Wildman–Crippen MR) is 83.9 cm³/mol. The summed E-state index contributed by atoms with van der Waals surface area (Å²) in [5, 5.41) is 7.68. The second-order valence-corrected chi connectivity index (χ2v) is 6.54. The van der Waals surface area contributed by atoms with E-state index in [0.717, 1.165) is 18.7 Å². The van der Waals surface area contributed by atoms with E-state index in [0.29, 0.717) is 19.7 Å². The maximum Gasteiger partial charge on any atom is 0.410 e. The highest BCUT2D eigenvalue weighted by atomic mass is 16.6. The Balaban J connectivity index is 1.81. The van der Waals surface area contributed by atoms with Crippen LogP contribution in [0.2, 0.25) is 0 Å². The van der Waals surface area contributed by atoms with Gasteiger partial charge in [0.25, 0.3) is 0 Å². The number of hydrogen-bond acceptors (Lipinski definition) is 5. The fraction of sp³-hybridized carbons (Fsp3) is 0.733. The van der Waals surface area contributed by atoms with Crippen LogP contribution in [0.4, 0.5) is 10.5 Å². The van der Waals surface area contributed by atoms with Crippen LogP contribution in [-0.4, -0.2) is 59.2 Å². The molecular weight excluding hydrogens is 284 g/mol. The first-order valence-corrected chi connectivity index (χ1v) is 7.63. The molecule has 1 aromatic heterocycles. The van der Waals surface area contributed by atoms with Crippen molar-refractivity contribution in [1.82, 2.24) is 14.7 Å². The standard InChI is InChI=1S/C15H26N4O3/c1-15(2,3)22-14(20)18-6-5-12(10-18)17-13-9-16-19(11-13)7-8-21-4/h9,11-12,17H,5-8,10H2,1-4H3. The second kappa shape index (κ2) is 7.00. The van der Waals surface area contributed by atoms with Crippen LogP contribution >= 0.6 is 0 Å². The Labute approximate surface area is 131 Å². The molecule has 2 heterocycles. The third-order valence-corrected chi connectivity index (χ3v) is 3.37. The van der Waals surface area contributed by atoms with Gasteiger partial charge in [-0.2, -0.15) is 5.10 Å². The number of hydrogen-bond donors (Lipinski definition) is 1. The first-order chi connectivity index (χ1) is 10.4. The summed E-state index contributed by atoms with van der Waals surface area (Å²) in [4.78, 5) is 13.8. The van der Waals surface area contributed by atoms with Crippen molar-refractivity contribution in [1.29, 1.82) is 0 Å². The molecule has 1 unspecified atom stereocenters. The van der Waals surface area contributed by atoms with Crippen LogP contribution in [0.15, 0.2) is 12.4 Å². The molecule has 0 radical (unpaired) electrons. The summed E-state index contributed by atoms with van der Waals surface area (Å²) in [7, 11) is 1.67. The lowest BCUT2D eigenvalue weighted by atomic mass is 10.2. The van der Waals surface area contributed by atoms with Gasteiger partial charge >= 0.3 is 6.09 Å². The molecule has 7 nitrogen and oxygen atoms in total. The third kappa shape index (κ3) is 4.91. The molecule has 0 aliphatic carbocycles. The minimum atomic E-state index is -0.453. The van der Waals surface area contributed by atoms with Gasteiger partial charge in [0.15, 0.2) is 0 Å². The normalized spacial score (nSPS) is 18.5. The van der Waals surface area contributed by atoms with Crippen LogP contribution in [0, 0.1) is 0 Å². The number of amides is 1. The number of methoxy groups -OCH3 is 1. The molecule has 1 fully saturated rings. The van der Waals surface area contributed by atoms with E-state index >= 15 is 0 Å². The van der Waals surface area contributed by atoms with E-state index < -0.39 is 5.60 Å². The summed E-state index contributed by atoms with van der Waals surface area (Å²) in [6, 6.07) is 0.229. The zero-order chi connectivity index (χ0) is 16.2. The lowest BCUT2D eigenvalue weighted by molar-refractivity contribution is 0.0293. The highest BCUT2D eigenvalue weighted by molar-refractivity contribution is 5.68. The molecule has 7 heteroatoms. The Morgan fingerprint density at radius 1 is 1.50 bits per heavy atom. The van der Waals surface area contributed by atoms with Gasteiger partial charge in [-0.1, -0.05) is 0 Å². The minimum absolute atomic E-state index is 0.229. The van der Waals surface area contributed by atoms with Crippen molar-refractivity contribution in [3.63, 3.8) is 0 Å². The summed E-state index contributed by atoms with van der Waals surface area (Å²) < 4.78 is 12.3. The van der Waals surface area contributed by atoms with E-state index in [1.54, 1.807) is 18.2 Å². The molecule has 0 spiro atoms. The molecule has 124 valence electrons. The van der Waals surface area contributed by atoms with Gasteiger partial charge in [0.2, 0.25) is 0 Å². The zero-order valence-electron chi connectivity index (χ0n) is 13.8. The molecule has 0 saturated carbocycles. The molecule has 1 aliphatic heterocycles. The van der Waals surface area contributed by atoms with Gasteiger partial charge in [-0.15, -0.1) is 0 Å². The number of nitrogens with zero attached hydrogens (tertiary/aromatic N) is 3. The van der Waals surface area contributed by atoms with Crippen molar-refractivity contribution in [2.75, 3.05) is 32.1 Å². The van der Waals surface area contributed by atoms with Crippen LogP contribution in [0.25, 0.3) is 0 Å². The van der Waals surface area contributed by atoms with Crippen LogP contribution in [0.3, 0.4) is 0 Å². The van der Waals surface area contributed by atoms with E-state index in [9.17, 15) is 4.79 Å². The highest BCUT2D eigenvalue weighted by Gasteiger charge is 2.29. The second-order valence-electron chi connectivity index (χ2n) is 6.54. The third-order valence-electron chi connectivity index (χ3n) is 3.37. The van der Waals surface area contributed by atoms with Crippen molar-refractivity contribution in [2.24, 2.45) is 0 Å². The molecule has 0 bridgehead atoms. The topological polar surface area (TPSA) is 68.6 Å². The van der Waals surface area contributed by atoms with Crippen LogP contribution in [0.5, 0.6) is 0 Å². The molecule has 2 rings (SSSR count). The monoisotopic (exact) mass is 310 g/mol. The van der Waals surface area contributed by atoms with Gasteiger partial charge in [-0.25, -0.2) is 4.79 Å². The molecule has 1 aromatic rings. The Kier molecular flexibility index (Phi) is 5.28. The van der Waals surface area contributed by atoms with E-state index in [4.69, 9.17) is 9.47 Å². The average molecular weight is 310 g/mol. The zero-order valence-corrected chi connectivity index (χ0v) is 13.8. The van der Waals surface area contributed by atoms with Gasteiger partial charge < -0.3 is 19.7 Å². The first kappa shape index (κ1) is 16.6. The van der Waals surface area contributed by atoms with Gasteiger partial charge in [-0.3, -0.25) is 4.68 Å². The summed E-state index contributed by atoms with van der Waals surface area (Å²) in [5.74, 6) is 0. The Morgan fingerprint density at radius 2 is 2.27 bits per heavy atom.